The highest BCUT2D eigenvalue weighted by Gasteiger charge is 2.10. The topological polar surface area (TPSA) is 79.5 Å². The molecule has 6 nitrogen and oxygen atoms in total. The lowest BCUT2D eigenvalue weighted by Crippen LogP contribution is -2.48. The minimum atomic E-state index is -0.387. The van der Waals surface area contributed by atoms with Crippen molar-refractivity contribution in [3.05, 3.63) is 65.7 Å². The zero-order chi connectivity index (χ0) is 18.8. The van der Waals surface area contributed by atoms with Gasteiger partial charge in [0.25, 0.3) is 5.91 Å². The van der Waals surface area contributed by atoms with Gasteiger partial charge in [-0.2, -0.15) is 0 Å². The Balaban J connectivity index is 1.80. The number of hydrogen-bond donors (Lipinski definition) is 3. The molecule has 0 saturated carbocycles. The first-order valence-electron chi connectivity index (χ1n) is 8.25. The van der Waals surface area contributed by atoms with Gasteiger partial charge in [0.05, 0.1) is 13.0 Å². The van der Waals surface area contributed by atoms with Gasteiger partial charge in [0.1, 0.15) is 5.75 Å². The molecular formula is C19H21N3O3S. The summed E-state index contributed by atoms with van der Waals surface area (Å²) < 4.78 is 5.50. The molecule has 0 aliphatic heterocycles. The van der Waals surface area contributed by atoms with Crippen LogP contribution in [0, 0.1) is 0 Å². The summed E-state index contributed by atoms with van der Waals surface area (Å²) >= 11 is 5.03. The number of hydrazine groups is 1. The van der Waals surface area contributed by atoms with Crippen LogP contribution in [0.15, 0.2) is 54.6 Å². The van der Waals surface area contributed by atoms with Gasteiger partial charge in [-0.15, -0.1) is 0 Å². The lowest BCUT2D eigenvalue weighted by atomic mass is 10.1. The van der Waals surface area contributed by atoms with Gasteiger partial charge < -0.3 is 4.74 Å². The molecule has 0 aliphatic carbocycles. The van der Waals surface area contributed by atoms with E-state index >= 15 is 0 Å². The standard InChI is InChI=1S/C19H21N3O3S/c1-2-11-25-16-10-6-9-15(13-16)18(24)20-19(26)22-21-17(23)12-14-7-4-3-5-8-14/h3-10,13H,2,11-12H2,1H3,(H,21,23)(H2,20,22,24,26). The van der Waals surface area contributed by atoms with Crippen LogP contribution in [0.25, 0.3) is 0 Å². The number of rotatable bonds is 6. The fourth-order valence-corrected chi connectivity index (χ4v) is 2.25. The number of thiocarbonyl (C=S) groups is 1. The van der Waals surface area contributed by atoms with E-state index in [9.17, 15) is 9.59 Å². The van der Waals surface area contributed by atoms with Crippen molar-refractivity contribution in [2.75, 3.05) is 6.61 Å². The van der Waals surface area contributed by atoms with Crippen LogP contribution in [0.5, 0.6) is 5.75 Å². The Hall–Kier alpha value is -2.93. The third-order valence-corrected chi connectivity index (χ3v) is 3.52. The van der Waals surface area contributed by atoms with Crippen molar-refractivity contribution in [3.63, 3.8) is 0 Å². The molecule has 136 valence electrons. The van der Waals surface area contributed by atoms with Gasteiger partial charge in [0, 0.05) is 5.56 Å². The molecule has 0 heterocycles. The zero-order valence-electron chi connectivity index (χ0n) is 14.5. The van der Waals surface area contributed by atoms with Gasteiger partial charge in [0.2, 0.25) is 5.91 Å². The van der Waals surface area contributed by atoms with Crippen LogP contribution in [-0.4, -0.2) is 23.5 Å². The van der Waals surface area contributed by atoms with Gasteiger partial charge in [0.15, 0.2) is 5.11 Å². The van der Waals surface area contributed by atoms with E-state index in [0.717, 1.165) is 12.0 Å². The molecule has 0 saturated heterocycles. The molecule has 3 N–H and O–H groups in total. The maximum absolute atomic E-state index is 12.2. The van der Waals surface area contributed by atoms with Crippen molar-refractivity contribution >= 4 is 29.1 Å². The van der Waals surface area contributed by atoms with E-state index in [1.165, 1.54) is 0 Å². The van der Waals surface area contributed by atoms with E-state index < -0.39 is 0 Å². The SMILES string of the molecule is CCCOc1cccc(C(=O)NC(=S)NNC(=O)Cc2ccccc2)c1. The molecule has 0 aromatic heterocycles. The highest BCUT2D eigenvalue weighted by Crippen LogP contribution is 2.13. The highest BCUT2D eigenvalue weighted by molar-refractivity contribution is 7.80. The number of benzene rings is 2. The number of hydrogen-bond acceptors (Lipinski definition) is 4. The lowest BCUT2D eigenvalue weighted by molar-refractivity contribution is -0.121. The van der Waals surface area contributed by atoms with Crippen LogP contribution in [0.2, 0.25) is 0 Å². The Bertz CT molecular complexity index is 766. The smallest absolute Gasteiger partial charge is 0.257 e. The van der Waals surface area contributed by atoms with Crippen LogP contribution in [0.1, 0.15) is 29.3 Å². The van der Waals surface area contributed by atoms with Crippen molar-refractivity contribution in [1.29, 1.82) is 0 Å². The second-order valence-corrected chi connectivity index (χ2v) is 5.90. The van der Waals surface area contributed by atoms with Crippen molar-refractivity contribution in [2.24, 2.45) is 0 Å². The Morgan fingerprint density at radius 1 is 1.04 bits per heavy atom. The summed E-state index contributed by atoms with van der Waals surface area (Å²) in [6, 6.07) is 16.1. The molecular weight excluding hydrogens is 350 g/mol. The highest BCUT2D eigenvalue weighted by atomic mass is 32.1. The molecule has 2 aromatic carbocycles. The Morgan fingerprint density at radius 3 is 2.54 bits per heavy atom. The minimum Gasteiger partial charge on any atom is -0.494 e. The molecule has 0 atom stereocenters. The molecule has 0 radical (unpaired) electrons. The summed E-state index contributed by atoms with van der Waals surface area (Å²) in [6.45, 7) is 2.59. The maximum atomic E-state index is 12.2. The molecule has 7 heteroatoms. The van der Waals surface area contributed by atoms with E-state index in [0.29, 0.717) is 17.9 Å². The van der Waals surface area contributed by atoms with Crippen molar-refractivity contribution in [2.45, 2.75) is 19.8 Å². The average Bonchev–Trinajstić information content (AvgIpc) is 2.66. The fraction of sp³-hybridized carbons (Fsp3) is 0.211. The van der Waals surface area contributed by atoms with Gasteiger partial charge in [-0.3, -0.25) is 25.8 Å². The second kappa shape index (κ2) is 10.1. The number of amides is 2. The zero-order valence-corrected chi connectivity index (χ0v) is 15.3. The van der Waals surface area contributed by atoms with Gasteiger partial charge in [-0.1, -0.05) is 43.3 Å². The number of nitrogens with one attached hydrogen (secondary N) is 3. The van der Waals surface area contributed by atoms with Crippen molar-refractivity contribution < 1.29 is 14.3 Å². The third kappa shape index (κ3) is 6.52. The first-order valence-corrected chi connectivity index (χ1v) is 8.66. The molecule has 0 aliphatic rings. The van der Waals surface area contributed by atoms with Gasteiger partial charge in [-0.25, -0.2) is 0 Å². The molecule has 26 heavy (non-hydrogen) atoms. The quantitative estimate of drug-likeness (QED) is 0.537. The van der Waals surface area contributed by atoms with E-state index in [2.05, 4.69) is 16.2 Å². The van der Waals surface area contributed by atoms with Crippen LogP contribution >= 0.6 is 12.2 Å². The lowest BCUT2D eigenvalue weighted by Gasteiger charge is -2.11. The van der Waals surface area contributed by atoms with Crippen LogP contribution in [-0.2, 0) is 11.2 Å². The second-order valence-electron chi connectivity index (χ2n) is 5.50. The van der Waals surface area contributed by atoms with E-state index in [-0.39, 0.29) is 23.3 Å². The monoisotopic (exact) mass is 371 g/mol. The van der Waals surface area contributed by atoms with Crippen LogP contribution in [0.4, 0.5) is 0 Å². The van der Waals surface area contributed by atoms with Crippen LogP contribution in [0.3, 0.4) is 0 Å². The Labute approximate surface area is 157 Å². The van der Waals surface area contributed by atoms with Gasteiger partial charge >= 0.3 is 0 Å². The maximum Gasteiger partial charge on any atom is 0.257 e. The van der Waals surface area contributed by atoms with E-state index in [1.54, 1.807) is 24.3 Å². The van der Waals surface area contributed by atoms with Crippen molar-refractivity contribution in [1.82, 2.24) is 16.2 Å². The number of carbonyl (C=O) groups excluding carboxylic acids is 2. The van der Waals surface area contributed by atoms with Crippen LogP contribution < -0.4 is 20.9 Å². The minimum absolute atomic E-state index is 0.0105. The molecule has 2 aromatic rings. The Kier molecular flexibility index (Phi) is 7.57. The predicted octanol–water partition coefficient (Wildman–Crippen LogP) is 2.35. The molecule has 0 bridgehead atoms. The third-order valence-electron chi connectivity index (χ3n) is 3.32. The fourth-order valence-electron chi connectivity index (χ4n) is 2.11. The Morgan fingerprint density at radius 2 is 1.81 bits per heavy atom. The molecule has 2 rings (SSSR count). The normalized spacial score (nSPS) is 9.88. The molecule has 0 fully saturated rings. The first kappa shape index (κ1) is 19.4. The molecule has 0 spiro atoms. The van der Waals surface area contributed by atoms with E-state index in [1.807, 2.05) is 37.3 Å². The predicted molar refractivity (Wildman–Crippen MR) is 104 cm³/mol. The summed E-state index contributed by atoms with van der Waals surface area (Å²) in [6.07, 6.45) is 1.09. The summed E-state index contributed by atoms with van der Waals surface area (Å²) in [7, 11) is 0. The summed E-state index contributed by atoms with van der Waals surface area (Å²) in [4.78, 5) is 24.1. The average molecular weight is 371 g/mol. The van der Waals surface area contributed by atoms with E-state index in [4.69, 9.17) is 17.0 Å². The number of carbonyl (C=O) groups is 2. The molecule has 0 unspecified atom stereocenters. The molecule has 2 amide bonds. The summed E-state index contributed by atoms with van der Waals surface area (Å²) in [5.41, 5.74) is 6.27. The first-order chi connectivity index (χ1) is 12.6. The summed E-state index contributed by atoms with van der Waals surface area (Å²) in [5, 5.41) is 2.52. The van der Waals surface area contributed by atoms with Gasteiger partial charge in [-0.05, 0) is 42.4 Å². The number of ether oxygens (including phenoxy) is 1. The largest absolute Gasteiger partial charge is 0.494 e. The van der Waals surface area contributed by atoms with Crippen molar-refractivity contribution in [3.8, 4) is 5.75 Å². The summed E-state index contributed by atoms with van der Waals surface area (Å²) in [5.74, 6) is -0.0286.